The van der Waals surface area contributed by atoms with Gasteiger partial charge >= 0.3 is 106 Å². The van der Waals surface area contributed by atoms with Crippen molar-refractivity contribution in [1.29, 1.82) is 0 Å². The van der Waals surface area contributed by atoms with Crippen molar-refractivity contribution in [3.63, 3.8) is 0 Å². The van der Waals surface area contributed by atoms with E-state index in [0.717, 1.165) is 47.2 Å². The number of halogens is 1. The normalized spacial score (nSPS) is 11.3. The Morgan fingerprint density at radius 3 is 1.72 bits per heavy atom. The summed E-state index contributed by atoms with van der Waals surface area (Å²) in [6.45, 7) is 3.28. The summed E-state index contributed by atoms with van der Waals surface area (Å²) in [6.07, 6.45) is 0. The molecule has 0 bridgehead atoms. The first-order chi connectivity index (χ1) is 36.4. The summed E-state index contributed by atoms with van der Waals surface area (Å²) < 4.78 is 95.0. The minimum atomic E-state index is -5.32. The molecule has 0 aliphatic rings. The van der Waals surface area contributed by atoms with Crippen LogP contribution in [0.4, 0.5) is 57.4 Å². The van der Waals surface area contributed by atoms with Gasteiger partial charge in [-0.05, 0) is 88.4 Å². The van der Waals surface area contributed by atoms with E-state index < -0.39 is 78.3 Å². The number of anilines is 4. The molecule has 1 radical (unpaired) electrons. The molecule has 2 N–H and O–H groups in total. The number of nitrogens with one attached hydrogen (secondary N) is 2. The Labute approximate surface area is 539 Å². The fourth-order valence-electron chi connectivity index (χ4n) is 7.20. The van der Waals surface area contributed by atoms with E-state index in [9.17, 15) is 69.9 Å². The van der Waals surface area contributed by atoms with E-state index in [1.807, 2.05) is 12.1 Å². The summed E-state index contributed by atoms with van der Waals surface area (Å²) in [7, 11) is -13.8. The van der Waals surface area contributed by atoms with E-state index in [4.69, 9.17) is 11.6 Å². The molecule has 0 saturated heterocycles. The van der Waals surface area contributed by atoms with Crippen molar-refractivity contribution in [2.75, 3.05) is 10.6 Å². The van der Waals surface area contributed by atoms with Gasteiger partial charge in [-0.25, -0.2) is 25.3 Å². The van der Waals surface area contributed by atoms with Gasteiger partial charge in [-0.2, -0.15) is 25.2 Å². The van der Waals surface area contributed by atoms with Gasteiger partial charge in [-0.1, -0.05) is 72.4 Å². The first kappa shape index (κ1) is 67.4. The molecule has 1 aromatic heterocycles. The summed E-state index contributed by atoms with van der Waals surface area (Å²) in [5.74, 6) is -2.30. The average Bonchev–Trinajstić information content (AvgIpc) is 3.37. The van der Waals surface area contributed by atoms with E-state index in [1.165, 1.54) is 66.7 Å². The molecule has 26 nitrogen and oxygen atoms in total. The Hall–Kier alpha value is -6.12. The zero-order valence-corrected chi connectivity index (χ0v) is 52.1. The van der Waals surface area contributed by atoms with Gasteiger partial charge in [-0.3, -0.25) is 20.2 Å². The summed E-state index contributed by atoms with van der Waals surface area (Å²) in [5.41, 5.74) is -1.45. The average molecular weight is 1240 g/mol. The van der Waals surface area contributed by atoms with Gasteiger partial charge in [0, 0.05) is 57.2 Å². The number of non-ortho nitro benzene ring substituents is 2. The number of azo groups is 2. The van der Waals surface area contributed by atoms with E-state index in [0.29, 0.717) is 11.1 Å². The molecule has 1 heterocycles. The number of fused-ring (bicyclic) bond motifs is 3. The molecular weight excluding hydrogens is 1210 g/mol. The molecule has 34 heteroatoms. The molecular formula is C47H27ClCrN11Na3O15S3+. The molecule has 9 rings (SSSR count). The van der Waals surface area contributed by atoms with Crippen molar-refractivity contribution < 1.29 is 166 Å². The second kappa shape index (κ2) is 27.8. The zero-order chi connectivity index (χ0) is 55.6. The number of benzene rings is 8. The van der Waals surface area contributed by atoms with Crippen LogP contribution in [-0.2, 0) is 47.4 Å². The zero-order valence-electron chi connectivity index (χ0n) is 41.6. The van der Waals surface area contributed by atoms with E-state index in [2.05, 4.69) is 52.6 Å². The van der Waals surface area contributed by atoms with Crippen LogP contribution in [0.15, 0.2) is 181 Å². The third-order valence-electron chi connectivity index (χ3n) is 10.8. The Kier molecular flexibility index (Phi) is 23.1. The number of hydrogen-bond acceptors (Lipinski definition) is 24. The third-order valence-corrected chi connectivity index (χ3v) is 14.1. The Morgan fingerprint density at radius 1 is 0.531 bits per heavy atom. The van der Waals surface area contributed by atoms with Crippen LogP contribution in [0.1, 0.15) is 0 Å². The number of aromatic nitrogens is 3. The van der Waals surface area contributed by atoms with Crippen LogP contribution < -0.4 is 115 Å². The topological polar surface area (TPSA) is 416 Å². The number of nitrogens with zero attached hydrogens (tertiary/aromatic N) is 9. The Bertz CT molecular complexity index is 4370. The van der Waals surface area contributed by atoms with Crippen molar-refractivity contribution in [3.8, 4) is 17.2 Å². The minimum absolute atomic E-state index is 0. The second-order valence-electron chi connectivity index (χ2n) is 15.6. The predicted octanol–water partition coefficient (Wildman–Crippen LogP) is -0.239. The standard InChI is InChI=1S/C27H19ClN8O9S2.C20H13N3O6S.Cr.3Na/c1-2-46(41,42)18-7-3-15(4-8-18)29-26-31-25(28)32-27(33-26)30-16-5-9-19-14(11-16)12-22(47(43,44)45)23(24(19)38)35-34-20-13-17(36(39)40)6-10-21(20)37;24-18-9-5-12-3-1-2-4-14(12)20(18)22-21-17-8-10-19(30(27,28)29)16-11-13(23(25)26)6-7-15(16)17;;;;/h2-13,37-38H,1H2,(H,43,44,45)(H2,29,30,31,32,33);1-11,24H,(H,27,28,29);;;;/q;;+3;3*+1/p-5. The van der Waals surface area contributed by atoms with Crippen molar-refractivity contribution in [2.24, 2.45) is 20.5 Å². The maximum Gasteiger partial charge on any atom is 3.00 e. The molecule has 0 unspecified atom stereocenters. The van der Waals surface area contributed by atoms with Gasteiger partial charge in [0.1, 0.15) is 20.2 Å². The van der Waals surface area contributed by atoms with Gasteiger partial charge in [0.15, 0.2) is 9.84 Å². The number of sulfone groups is 1. The molecule has 0 fully saturated rings. The summed E-state index contributed by atoms with van der Waals surface area (Å²) in [6, 6.07) is 28.9. The van der Waals surface area contributed by atoms with Crippen molar-refractivity contribution in [2.45, 2.75) is 14.7 Å². The number of nitro benzene ring substituents is 2. The summed E-state index contributed by atoms with van der Waals surface area (Å²) >= 11 is 6.05. The van der Waals surface area contributed by atoms with Crippen LogP contribution in [0.5, 0.6) is 17.2 Å². The second-order valence-corrected chi connectivity index (χ2v) is 20.6. The minimum Gasteiger partial charge on any atom is -0.871 e. The van der Waals surface area contributed by atoms with E-state index >= 15 is 0 Å². The SMILES string of the molecule is C=CS(=O)(=O)c1ccc(Nc2nc(Cl)nc(Nc3ccc4c([O-])c(N=Nc5cc([N+](=O)[O-])ccc5[O-])c(S(=O)(=O)[O-])cc4c3)n2)cc1.O=[N+]([O-])c1ccc2c(N=Nc3c([O-])ccc4ccccc34)ccc(S(=O)(=O)[O-])c2c1.[Cr+3].[Na+].[Na+].[Na+]. The fourth-order valence-corrected chi connectivity index (χ4v) is 9.38. The van der Waals surface area contributed by atoms with Gasteiger partial charge in [0.2, 0.25) is 17.2 Å². The van der Waals surface area contributed by atoms with Crippen LogP contribution in [-0.4, -0.2) is 59.2 Å². The molecule has 0 saturated carbocycles. The van der Waals surface area contributed by atoms with E-state index in [1.54, 1.807) is 18.2 Å². The molecule has 0 aliphatic carbocycles. The Morgan fingerprint density at radius 2 is 1.09 bits per heavy atom. The smallest absolute Gasteiger partial charge is 0.871 e. The maximum atomic E-state index is 13.2. The maximum absolute atomic E-state index is 13.2. The van der Waals surface area contributed by atoms with Crippen LogP contribution in [0.3, 0.4) is 0 Å². The first-order valence-electron chi connectivity index (χ1n) is 21.2. The fraction of sp³-hybridized carbons (Fsp3) is 0. The predicted molar refractivity (Wildman–Crippen MR) is 269 cm³/mol. The summed E-state index contributed by atoms with van der Waals surface area (Å²) in [5, 5.41) is 82.4. The van der Waals surface area contributed by atoms with E-state index in [-0.39, 0.29) is 178 Å². The molecule has 9 aromatic rings. The van der Waals surface area contributed by atoms with Gasteiger partial charge in [-0.15, -0.1) is 10.2 Å². The first-order valence-corrected chi connectivity index (χ1v) is 26.0. The van der Waals surface area contributed by atoms with Crippen LogP contribution >= 0.6 is 11.6 Å². The number of hydrogen-bond donors (Lipinski definition) is 2. The van der Waals surface area contributed by atoms with Crippen LogP contribution in [0.25, 0.3) is 32.3 Å². The number of nitro groups is 2. The van der Waals surface area contributed by atoms with Crippen molar-refractivity contribution >= 4 is 131 Å². The van der Waals surface area contributed by atoms with Gasteiger partial charge in [0.25, 0.3) is 11.4 Å². The van der Waals surface area contributed by atoms with Crippen LogP contribution in [0.2, 0.25) is 5.28 Å². The number of rotatable bonds is 14. The van der Waals surface area contributed by atoms with Crippen molar-refractivity contribution in [3.05, 3.63) is 171 Å². The molecule has 393 valence electrons. The van der Waals surface area contributed by atoms with Crippen LogP contribution in [0, 0.1) is 20.2 Å². The molecule has 81 heavy (non-hydrogen) atoms. The Balaban J connectivity index is 0.000000361. The summed E-state index contributed by atoms with van der Waals surface area (Å²) in [4.78, 5) is 31.1. The largest absolute Gasteiger partial charge is 3.00 e. The third kappa shape index (κ3) is 15.9. The quantitative estimate of drug-likeness (QED) is 0.0466. The molecule has 0 atom stereocenters. The van der Waals surface area contributed by atoms with Gasteiger partial charge in [0.05, 0.1) is 47.3 Å². The molecule has 0 aliphatic heterocycles. The molecule has 0 amide bonds. The van der Waals surface area contributed by atoms with Gasteiger partial charge < -0.3 is 35.1 Å². The van der Waals surface area contributed by atoms with Crippen molar-refractivity contribution in [1.82, 2.24) is 15.0 Å². The molecule has 8 aromatic carbocycles. The molecule has 0 spiro atoms. The monoisotopic (exact) mass is 1240 g/mol.